The number of benzene rings is 1. The zero-order valence-corrected chi connectivity index (χ0v) is 11.2. The first kappa shape index (κ1) is 15.0. The number of sulfonamides is 1. The highest BCUT2D eigenvalue weighted by Crippen LogP contribution is 2.15. The van der Waals surface area contributed by atoms with Crippen LogP contribution >= 0.6 is 0 Å². The minimum atomic E-state index is -3.52. The summed E-state index contributed by atoms with van der Waals surface area (Å²) in [7, 11) is -3.52. The minimum Gasteiger partial charge on any atom is -0.381 e. The molecule has 0 saturated carbocycles. The number of nitriles is 2. The van der Waals surface area contributed by atoms with Crippen molar-refractivity contribution < 1.29 is 13.2 Å². The van der Waals surface area contributed by atoms with Crippen LogP contribution in [-0.2, 0) is 14.8 Å². The number of nitrogens with zero attached hydrogens (tertiary/aromatic N) is 2. The fourth-order valence-electron chi connectivity index (χ4n) is 1.34. The predicted octanol–water partition coefficient (Wildman–Crippen LogP) is 1.21. The first-order chi connectivity index (χ1) is 9.02. The van der Waals surface area contributed by atoms with Gasteiger partial charge in [0.1, 0.15) is 12.1 Å². The molecule has 0 fully saturated rings. The molecule has 0 saturated heterocycles. The monoisotopic (exact) mass is 279 g/mol. The van der Waals surface area contributed by atoms with E-state index in [1.54, 1.807) is 6.92 Å². The number of hydrogen-bond donors (Lipinski definition) is 1. The van der Waals surface area contributed by atoms with E-state index < -0.39 is 10.0 Å². The third-order valence-electron chi connectivity index (χ3n) is 2.23. The second-order valence-corrected chi connectivity index (χ2v) is 5.44. The molecule has 0 aliphatic heterocycles. The third kappa shape index (κ3) is 4.59. The van der Waals surface area contributed by atoms with Crippen molar-refractivity contribution in [1.29, 1.82) is 10.5 Å². The van der Waals surface area contributed by atoms with E-state index in [0.717, 1.165) is 0 Å². The molecule has 1 N–H and O–H groups in total. The number of ether oxygens (including phenoxy) is 1. The summed E-state index contributed by atoms with van der Waals surface area (Å²) in [4.78, 5) is 0. The van der Waals surface area contributed by atoms with Gasteiger partial charge in [0.15, 0.2) is 0 Å². The molecule has 0 unspecified atom stereocenters. The Bertz CT molecular complexity index is 627. The van der Waals surface area contributed by atoms with E-state index >= 15 is 0 Å². The molecule has 0 bridgehead atoms. The lowest BCUT2D eigenvalue weighted by atomic mass is 10.1. The Morgan fingerprint density at radius 1 is 1.26 bits per heavy atom. The van der Waals surface area contributed by atoms with E-state index in [2.05, 4.69) is 4.72 Å². The van der Waals surface area contributed by atoms with Crippen LogP contribution in [0.2, 0.25) is 0 Å². The van der Waals surface area contributed by atoms with Gasteiger partial charge in [-0.05, 0) is 25.1 Å². The topological polar surface area (TPSA) is 103 Å². The standard InChI is InChI=1S/C12H13N3O3S/c1-2-18-5-6-19(16,17)15-12-4-3-10(8-13)11(7-12)9-14/h3-4,7,15H,2,5-6H2,1H3. The summed E-state index contributed by atoms with van der Waals surface area (Å²) in [5, 5.41) is 17.6. The van der Waals surface area contributed by atoms with Crippen molar-refractivity contribution in [3.8, 4) is 12.1 Å². The van der Waals surface area contributed by atoms with Gasteiger partial charge in [0.2, 0.25) is 10.0 Å². The Kier molecular flexibility index (Phi) is 5.31. The van der Waals surface area contributed by atoms with Crippen molar-refractivity contribution >= 4 is 15.7 Å². The number of nitrogens with one attached hydrogen (secondary N) is 1. The van der Waals surface area contributed by atoms with Crippen LogP contribution in [0.25, 0.3) is 0 Å². The molecule has 19 heavy (non-hydrogen) atoms. The summed E-state index contributed by atoms with van der Waals surface area (Å²) in [6.45, 7) is 2.33. The van der Waals surface area contributed by atoms with Gasteiger partial charge >= 0.3 is 0 Å². The van der Waals surface area contributed by atoms with Crippen LogP contribution in [0.4, 0.5) is 5.69 Å². The second-order valence-electron chi connectivity index (χ2n) is 3.60. The highest BCUT2D eigenvalue weighted by atomic mass is 32.2. The number of hydrogen-bond acceptors (Lipinski definition) is 5. The average Bonchev–Trinajstić information content (AvgIpc) is 2.38. The lowest BCUT2D eigenvalue weighted by Gasteiger charge is -2.08. The van der Waals surface area contributed by atoms with Gasteiger partial charge in [-0.25, -0.2) is 8.42 Å². The molecule has 1 aromatic carbocycles. The Morgan fingerprint density at radius 3 is 2.53 bits per heavy atom. The molecule has 6 nitrogen and oxygen atoms in total. The number of anilines is 1. The highest BCUT2D eigenvalue weighted by molar-refractivity contribution is 7.92. The summed E-state index contributed by atoms with van der Waals surface area (Å²) in [6, 6.07) is 7.88. The zero-order chi connectivity index (χ0) is 14.3. The maximum Gasteiger partial charge on any atom is 0.235 e. The predicted molar refractivity (Wildman–Crippen MR) is 69.8 cm³/mol. The Labute approximate surface area is 112 Å². The van der Waals surface area contributed by atoms with Crippen LogP contribution in [0.15, 0.2) is 18.2 Å². The van der Waals surface area contributed by atoms with E-state index in [-0.39, 0.29) is 29.2 Å². The molecule has 0 atom stereocenters. The molecule has 100 valence electrons. The van der Waals surface area contributed by atoms with Gasteiger partial charge in [-0.15, -0.1) is 0 Å². The van der Waals surface area contributed by atoms with Crippen molar-refractivity contribution in [2.45, 2.75) is 6.92 Å². The summed E-state index contributed by atoms with van der Waals surface area (Å²) in [5.74, 6) is -0.164. The van der Waals surface area contributed by atoms with Gasteiger partial charge in [-0.3, -0.25) is 4.72 Å². The molecule has 0 radical (unpaired) electrons. The van der Waals surface area contributed by atoms with E-state index in [4.69, 9.17) is 15.3 Å². The Morgan fingerprint density at radius 2 is 1.95 bits per heavy atom. The van der Waals surface area contributed by atoms with Crippen molar-refractivity contribution in [3.63, 3.8) is 0 Å². The van der Waals surface area contributed by atoms with Crippen LogP contribution in [0.5, 0.6) is 0 Å². The van der Waals surface area contributed by atoms with Gasteiger partial charge in [0.25, 0.3) is 0 Å². The van der Waals surface area contributed by atoms with Crippen molar-refractivity contribution in [3.05, 3.63) is 29.3 Å². The highest BCUT2D eigenvalue weighted by Gasteiger charge is 2.11. The zero-order valence-electron chi connectivity index (χ0n) is 10.4. The molecule has 1 rings (SSSR count). The maximum atomic E-state index is 11.7. The maximum absolute atomic E-state index is 11.7. The lowest BCUT2D eigenvalue weighted by Crippen LogP contribution is -2.20. The molecule has 0 aliphatic rings. The largest absolute Gasteiger partial charge is 0.381 e. The lowest BCUT2D eigenvalue weighted by molar-refractivity contribution is 0.163. The van der Waals surface area contributed by atoms with Crippen LogP contribution in [0, 0.1) is 22.7 Å². The summed E-state index contributed by atoms with van der Waals surface area (Å²) in [5.41, 5.74) is 0.597. The fourth-order valence-corrected chi connectivity index (χ4v) is 2.27. The SMILES string of the molecule is CCOCCS(=O)(=O)Nc1ccc(C#N)c(C#N)c1. The molecule has 0 spiro atoms. The third-order valence-corrected chi connectivity index (χ3v) is 3.49. The normalized spacial score (nSPS) is 10.5. The smallest absolute Gasteiger partial charge is 0.235 e. The van der Waals surface area contributed by atoms with Crippen molar-refractivity contribution in [2.75, 3.05) is 23.7 Å². The van der Waals surface area contributed by atoms with Crippen molar-refractivity contribution in [2.24, 2.45) is 0 Å². The van der Waals surface area contributed by atoms with Crippen LogP contribution < -0.4 is 4.72 Å². The first-order valence-electron chi connectivity index (χ1n) is 5.55. The molecule has 0 heterocycles. The molecule has 0 aliphatic carbocycles. The van der Waals surface area contributed by atoms with E-state index in [1.165, 1.54) is 18.2 Å². The summed E-state index contributed by atoms with van der Waals surface area (Å²) in [6.07, 6.45) is 0. The quantitative estimate of drug-likeness (QED) is 0.788. The van der Waals surface area contributed by atoms with E-state index in [9.17, 15) is 8.42 Å². The average molecular weight is 279 g/mol. The Hall–Kier alpha value is -2.09. The molecule has 1 aromatic rings. The van der Waals surface area contributed by atoms with Crippen LogP contribution in [0.1, 0.15) is 18.1 Å². The van der Waals surface area contributed by atoms with E-state index in [1.807, 2.05) is 12.1 Å². The molecular formula is C12H13N3O3S. The molecule has 0 amide bonds. The summed E-state index contributed by atoms with van der Waals surface area (Å²) < 4.78 is 30.7. The molecule has 0 aromatic heterocycles. The van der Waals surface area contributed by atoms with Gasteiger partial charge < -0.3 is 4.74 Å². The van der Waals surface area contributed by atoms with Gasteiger partial charge in [-0.2, -0.15) is 10.5 Å². The van der Waals surface area contributed by atoms with E-state index in [0.29, 0.717) is 6.61 Å². The van der Waals surface area contributed by atoms with Gasteiger partial charge in [0, 0.05) is 12.3 Å². The number of rotatable bonds is 6. The van der Waals surface area contributed by atoms with Crippen LogP contribution in [0.3, 0.4) is 0 Å². The fraction of sp³-hybridized carbons (Fsp3) is 0.333. The van der Waals surface area contributed by atoms with Gasteiger partial charge in [-0.1, -0.05) is 0 Å². The van der Waals surface area contributed by atoms with Gasteiger partial charge in [0.05, 0.1) is 23.5 Å². The van der Waals surface area contributed by atoms with Crippen LogP contribution in [-0.4, -0.2) is 27.4 Å². The first-order valence-corrected chi connectivity index (χ1v) is 7.20. The minimum absolute atomic E-state index is 0.104. The molecule has 7 heteroatoms. The molecular weight excluding hydrogens is 266 g/mol. The van der Waals surface area contributed by atoms with Crippen molar-refractivity contribution in [1.82, 2.24) is 0 Å². The Balaban J connectivity index is 2.84. The second kappa shape index (κ2) is 6.74. The summed E-state index contributed by atoms with van der Waals surface area (Å²) >= 11 is 0.